The minimum absolute atomic E-state index is 0.0410. The van der Waals surface area contributed by atoms with E-state index in [1.165, 1.54) is 28.6 Å². The fourth-order valence-electron chi connectivity index (χ4n) is 2.74. The first-order valence-corrected chi connectivity index (χ1v) is 9.28. The third-order valence-corrected chi connectivity index (χ3v) is 5.98. The molecular formula is C15H19N3O2S2. The molecule has 1 aliphatic rings. The van der Waals surface area contributed by atoms with Gasteiger partial charge in [-0.3, -0.25) is 9.59 Å². The van der Waals surface area contributed by atoms with Gasteiger partial charge in [-0.05, 0) is 45.1 Å². The summed E-state index contributed by atoms with van der Waals surface area (Å²) in [5, 5.41) is 3.78. The molecule has 22 heavy (non-hydrogen) atoms. The Hall–Kier alpha value is -1.34. The van der Waals surface area contributed by atoms with Gasteiger partial charge >= 0.3 is 0 Å². The predicted molar refractivity (Wildman–Crippen MR) is 90.9 cm³/mol. The number of H-pyrrole nitrogens is 1. The number of aromatic amines is 1. The number of nitrogens with zero attached hydrogens (tertiary/aromatic N) is 1. The van der Waals surface area contributed by atoms with Crippen molar-refractivity contribution < 1.29 is 4.79 Å². The van der Waals surface area contributed by atoms with Crippen molar-refractivity contribution in [3.05, 3.63) is 20.8 Å². The average Bonchev–Trinajstić information content (AvgIpc) is 2.85. The summed E-state index contributed by atoms with van der Waals surface area (Å²) in [5.41, 5.74) is 1.11. The maximum absolute atomic E-state index is 12.4. The number of nitrogens with one attached hydrogen (secondary N) is 2. The van der Waals surface area contributed by atoms with Gasteiger partial charge in [0.25, 0.3) is 5.56 Å². The van der Waals surface area contributed by atoms with E-state index in [2.05, 4.69) is 15.3 Å². The number of carbonyl (C=O) groups is 1. The molecule has 0 radical (unpaired) electrons. The first kappa shape index (κ1) is 15.6. The van der Waals surface area contributed by atoms with Gasteiger partial charge in [0, 0.05) is 11.4 Å². The van der Waals surface area contributed by atoms with Crippen LogP contribution in [-0.4, -0.2) is 27.7 Å². The summed E-state index contributed by atoms with van der Waals surface area (Å²) in [6, 6.07) is 0. The van der Waals surface area contributed by atoms with Crippen molar-refractivity contribution in [2.45, 2.75) is 49.9 Å². The van der Waals surface area contributed by atoms with Crippen molar-refractivity contribution >= 4 is 39.2 Å². The Kier molecular flexibility index (Phi) is 4.54. The molecule has 1 unspecified atom stereocenters. The zero-order valence-electron chi connectivity index (χ0n) is 12.7. The first-order chi connectivity index (χ1) is 10.6. The summed E-state index contributed by atoms with van der Waals surface area (Å²) >= 11 is 2.92. The third-order valence-electron chi connectivity index (χ3n) is 3.81. The molecule has 1 atom stereocenters. The zero-order chi connectivity index (χ0) is 15.7. The second-order valence-electron chi connectivity index (χ2n) is 5.42. The normalized spacial score (nSPS) is 15.5. The van der Waals surface area contributed by atoms with Crippen LogP contribution in [0.25, 0.3) is 10.2 Å². The maximum Gasteiger partial charge on any atom is 0.260 e. The van der Waals surface area contributed by atoms with Gasteiger partial charge in [-0.1, -0.05) is 11.8 Å². The summed E-state index contributed by atoms with van der Waals surface area (Å²) in [6.07, 6.45) is 4.35. The van der Waals surface area contributed by atoms with Crippen LogP contribution in [0, 0.1) is 0 Å². The van der Waals surface area contributed by atoms with Crippen LogP contribution in [-0.2, 0) is 17.6 Å². The van der Waals surface area contributed by atoms with Crippen LogP contribution < -0.4 is 10.9 Å². The summed E-state index contributed by atoms with van der Waals surface area (Å²) in [6.45, 7) is 4.31. The Labute approximate surface area is 136 Å². The lowest BCUT2D eigenvalue weighted by Crippen LogP contribution is -2.30. The molecule has 0 aromatic carbocycles. The molecule has 2 heterocycles. The molecule has 0 saturated carbocycles. The number of aryl methyl sites for hydroxylation is 2. The lowest BCUT2D eigenvalue weighted by atomic mass is 9.97. The van der Waals surface area contributed by atoms with Crippen LogP contribution in [0.2, 0.25) is 0 Å². The number of carbonyl (C=O) groups excluding carboxylic acids is 1. The third kappa shape index (κ3) is 2.92. The Bertz CT molecular complexity index is 766. The first-order valence-electron chi connectivity index (χ1n) is 7.59. The van der Waals surface area contributed by atoms with Gasteiger partial charge < -0.3 is 10.3 Å². The molecule has 0 saturated heterocycles. The Morgan fingerprint density at radius 2 is 2.23 bits per heavy atom. The average molecular weight is 337 g/mol. The van der Waals surface area contributed by atoms with Crippen LogP contribution in [0.3, 0.4) is 0 Å². The van der Waals surface area contributed by atoms with E-state index in [0.29, 0.717) is 11.7 Å². The molecule has 2 N–H and O–H groups in total. The van der Waals surface area contributed by atoms with E-state index in [9.17, 15) is 9.59 Å². The summed E-state index contributed by atoms with van der Waals surface area (Å²) in [4.78, 5) is 33.7. The Morgan fingerprint density at radius 3 is 3.00 bits per heavy atom. The van der Waals surface area contributed by atoms with Crippen molar-refractivity contribution in [2.75, 3.05) is 6.54 Å². The highest BCUT2D eigenvalue weighted by Gasteiger charge is 2.21. The fourth-order valence-corrected chi connectivity index (χ4v) is 4.88. The molecule has 3 rings (SSSR count). The molecule has 1 aliphatic carbocycles. The number of hydrogen-bond acceptors (Lipinski definition) is 5. The predicted octanol–water partition coefficient (Wildman–Crippen LogP) is 2.48. The van der Waals surface area contributed by atoms with Gasteiger partial charge in [0.05, 0.1) is 10.6 Å². The van der Waals surface area contributed by atoms with Crippen LogP contribution in [0.15, 0.2) is 9.95 Å². The zero-order valence-corrected chi connectivity index (χ0v) is 14.3. The van der Waals surface area contributed by atoms with Gasteiger partial charge in [0.15, 0.2) is 5.16 Å². The monoisotopic (exact) mass is 337 g/mol. The number of rotatable bonds is 4. The summed E-state index contributed by atoms with van der Waals surface area (Å²) in [7, 11) is 0. The van der Waals surface area contributed by atoms with Gasteiger partial charge in [0.1, 0.15) is 4.83 Å². The number of aromatic nitrogens is 2. The van der Waals surface area contributed by atoms with Crippen LogP contribution >= 0.6 is 23.1 Å². The van der Waals surface area contributed by atoms with E-state index in [-0.39, 0.29) is 16.7 Å². The number of thioether (sulfide) groups is 1. The largest absolute Gasteiger partial charge is 0.355 e. The number of hydrogen-bond donors (Lipinski definition) is 2. The van der Waals surface area contributed by atoms with Crippen molar-refractivity contribution in [3.63, 3.8) is 0 Å². The maximum atomic E-state index is 12.4. The molecule has 5 nitrogen and oxygen atoms in total. The molecule has 7 heteroatoms. The van der Waals surface area contributed by atoms with Crippen molar-refractivity contribution in [1.29, 1.82) is 0 Å². The van der Waals surface area contributed by atoms with E-state index in [0.717, 1.165) is 29.5 Å². The number of thiophene rings is 1. The van der Waals surface area contributed by atoms with E-state index < -0.39 is 0 Å². The summed E-state index contributed by atoms with van der Waals surface area (Å²) < 4.78 is 0. The molecule has 0 fully saturated rings. The number of fused-ring (bicyclic) bond motifs is 3. The van der Waals surface area contributed by atoms with E-state index in [1.54, 1.807) is 11.3 Å². The fraction of sp³-hybridized carbons (Fsp3) is 0.533. The minimum Gasteiger partial charge on any atom is -0.355 e. The van der Waals surface area contributed by atoms with E-state index in [4.69, 9.17) is 0 Å². The highest BCUT2D eigenvalue weighted by molar-refractivity contribution is 8.00. The summed E-state index contributed by atoms with van der Waals surface area (Å²) in [5.74, 6) is -0.0410. The van der Waals surface area contributed by atoms with Gasteiger partial charge in [0.2, 0.25) is 5.91 Å². The molecule has 2 aromatic heterocycles. The lowest BCUT2D eigenvalue weighted by molar-refractivity contribution is -0.120. The highest BCUT2D eigenvalue weighted by Crippen LogP contribution is 2.34. The molecule has 0 spiro atoms. The second-order valence-corrected chi connectivity index (χ2v) is 7.83. The van der Waals surface area contributed by atoms with E-state index in [1.807, 2.05) is 13.8 Å². The highest BCUT2D eigenvalue weighted by atomic mass is 32.2. The van der Waals surface area contributed by atoms with Gasteiger partial charge in [-0.2, -0.15) is 0 Å². The molecule has 118 valence electrons. The van der Waals surface area contributed by atoms with Crippen LogP contribution in [0.5, 0.6) is 0 Å². The quantitative estimate of drug-likeness (QED) is 0.664. The number of amides is 1. The SMILES string of the molecule is CCNC(=O)C(C)Sc1nc2sc3c(c2c(=O)[nH]1)CCCC3. The van der Waals surface area contributed by atoms with E-state index >= 15 is 0 Å². The second kappa shape index (κ2) is 6.42. The topological polar surface area (TPSA) is 74.8 Å². The molecule has 0 aliphatic heterocycles. The van der Waals surface area contributed by atoms with Crippen molar-refractivity contribution in [2.24, 2.45) is 0 Å². The smallest absolute Gasteiger partial charge is 0.260 e. The van der Waals surface area contributed by atoms with Gasteiger partial charge in [-0.25, -0.2) is 4.98 Å². The van der Waals surface area contributed by atoms with Gasteiger partial charge in [-0.15, -0.1) is 11.3 Å². The van der Waals surface area contributed by atoms with Crippen molar-refractivity contribution in [1.82, 2.24) is 15.3 Å². The lowest BCUT2D eigenvalue weighted by Gasteiger charge is -2.10. The molecule has 0 bridgehead atoms. The molecular weight excluding hydrogens is 318 g/mol. The molecule has 2 aromatic rings. The van der Waals surface area contributed by atoms with Crippen molar-refractivity contribution in [3.8, 4) is 0 Å². The van der Waals surface area contributed by atoms with Crippen LogP contribution in [0.4, 0.5) is 0 Å². The molecule has 1 amide bonds. The Morgan fingerprint density at radius 1 is 1.45 bits per heavy atom. The standard InChI is InChI=1S/C15H19N3O2S2/c1-3-16-12(19)8(2)21-15-17-13(20)11-9-6-4-5-7-10(9)22-14(11)18-15/h8H,3-7H2,1-2H3,(H,16,19)(H,17,18,20). The van der Waals surface area contributed by atoms with Crippen LogP contribution in [0.1, 0.15) is 37.1 Å². The Balaban J connectivity index is 1.93. The minimum atomic E-state index is -0.282.